The van der Waals surface area contributed by atoms with Crippen LogP contribution in [0.15, 0.2) is 50.5 Å². The molecule has 1 amide bonds. The van der Waals surface area contributed by atoms with Gasteiger partial charge in [-0.15, -0.1) is 11.3 Å². The van der Waals surface area contributed by atoms with Crippen LogP contribution in [0, 0.1) is 0 Å². The molecule has 1 N–H and O–H groups in total. The van der Waals surface area contributed by atoms with Gasteiger partial charge in [0.15, 0.2) is 6.61 Å². The lowest BCUT2D eigenvalue weighted by molar-refractivity contribution is -0.118. The van der Waals surface area contributed by atoms with Crippen molar-refractivity contribution >= 4 is 40.5 Å². The highest BCUT2D eigenvalue weighted by atomic mass is 32.1. The molecule has 0 spiro atoms. The Morgan fingerprint density at radius 2 is 2.24 bits per heavy atom. The number of thiazole rings is 1. The van der Waals surface area contributed by atoms with E-state index in [2.05, 4.69) is 15.4 Å². The first kappa shape index (κ1) is 15.8. The molecule has 0 atom stereocenters. The molecular formula is C17H14N4O2S2. The first-order chi connectivity index (χ1) is 12.2. The molecule has 0 saturated heterocycles. The molecule has 1 aliphatic heterocycles. The summed E-state index contributed by atoms with van der Waals surface area (Å²) in [5, 5.41) is 13.5. The van der Waals surface area contributed by atoms with Crippen LogP contribution in [-0.2, 0) is 4.79 Å². The van der Waals surface area contributed by atoms with E-state index in [-0.39, 0.29) is 12.5 Å². The van der Waals surface area contributed by atoms with Gasteiger partial charge < -0.3 is 10.1 Å². The van der Waals surface area contributed by atoms with E-state index in [0.29, 0.717) is 11.4 Å². The molecular weight excluding hydrogens is 356 g/mol. The van der Waals surface area contributed by atoms with Crippen molar-refractivity contribution in [3.8, 4) is 17.0 Å². The molecule has 1 aromatic carbocycles. The molecule has 0 saturated carbocycles. The molecule has 8 heteroatoms. The fourth-order valence-corrected chi connectivity index (χ4v) is 3.89. The molecule has 0 unspecified atom stereocenters. The van der Waals surface area contributed by atoms with Crippen molar-refractivity contribution in [2.45, 2.75) is 0 Å². The van der Waals surface area contributed by atoms with Crippen LogP contribution in [0.25, 0.3) is 11.3 Å². The van der Waals surface area contributed by atoms with Gasteiger partial charge in [-0.1, -0.05) is 0 Å². The number of amides is 1. The summed E-state index contributed by atoms with van der Waals surface area (Å²) in [5.41, 5.74) is 3.55. The third-order valence-electron chi connectivity index (χ3n) is 3.65. The largest absolute Gasteiger partial charge is 0.482 e. The number of ether oxygens (including phenoxy) is 1. The number of fused-ring (bicyclic) bond motifs is 1. The van der Waals surface area contributed by atoms with Crippen LogP contribution in [-0.4, -0.2) is 30.5 Å². The molecule has 25 heavy (non-hydrogen) atoms. The molecule has 2 aromatic heterocycles. The van der Waals surface area contributed by atoms with E-state index in [0.717, 1.165) is 21.6 Å². The minimum absolute atomic E-state index is 0.0502. The summed E-state index contributed by atoms with van der Waals surface area (Å²) >= 11 is 3.14. The van der Waals surface area contributed by atoms with Crippen LogP contribution in [0.3, 0.4) is 0 Å². The molecule has 126 valence electrons. The average Bonchev–Trinajstić information content (AvgIpc) is 3.28. The molecule has 1 aliphatic rings. The monoisotopic (exact) mass is 370 g/mol. The summed E-state index contributed by atoms with van der Waals surface area (Å²) in [6.07, 6.45) is 1.81. The van der Waals surface area contributed by atoms with Crippen molar-refractivity contribution in [2.75, 3.05) is 19.0 Å². The second-order valence-corrected chi connectivity index (χ2v) is 6.90. The lowest BCUT2D eigenvalue weighted by Gasteiger charge is -2.18. The van der Waals surface area contributed by atoms with Crippen LogP contribution < -0.4 is 14.9 Å². The third kappa shape index (κ3) is 3.13. The fourth-order valence-electron chi connectivity index (χ4n) is 2.48. The number of hydrogen-bond acceptors (Lipinski definition) is 6. The summed E-state index contributed by atoms with van der Waals surface area (Å²) in [4.78, 5) is 16.6. The van der Waals surface area contributed by atoms with Gasteiger partial charge >= 0.3 is 0 Å². The number of thiophene rings is 1. The second-order valence-electron chi connectivity index (χ2n) is 5.29. The van der Waals surface area contributed by atoms with Crippen molar-refractivity contribution in [3.05, 3.63) is 50.8 Å². The van der Waals surface area contributed by atoms with Crippen LogP contribution in [0.2, 0.25) is 0 Å². The van der Waals surface area contributed by atoms with Crippen LogP contribution in [0.4, 0.5) is 5.69 Å². The third-order valence-corrected chi connectivity index (χ3v) is 5.26. The number of nitrogens with one attached hydrogen (secondary N) is 1. The molecule has 3 aromatic rings. The smallest absolute Gasteiger partial charge is 0.262 e. The molecule has 0 aliphatic carbocycles. The number of aromatic nitrogens is 1. The second kappa shape index (κ2) is 6.66. The minimum Gasteiger partial charge on any atom is -0.482 e. The molecule has 4 rings (SSSR count). The van der Waals surface area contributed by atoms with Gasteiger partial charge in [0, 0.05) is 23.6 Å². The number of benzene rings is 1. The van der Waals surface area contributed by atoms with E-state index in [1.165, 1.54) is 11.3 Å². The van der Waals surface area contributed by atoms with Crippen LogP contribution >= 0.6 is 22.7 Å². The molecule has 0 radical (unpaired) electrons. The maximum atomic E-state index is 11.5. The highest BCUT2D eigenvalue weighted by Crippen LogP contribution is 2.32. The number of carbonyl (C=O) groups excluding carboxylic acids is 1. The van der Waals surface area contributed by atoms with Gasteiger partial charge in [0.2, 0.25) is 4.80 Å². The van der Waals surface area contributed by atoms with Gasteiger partial charge in [-0.05, 0) is 35.0 Å². The first-order valence-corrected chi connectivity index (χ1v) is 9.34. The molecule has 0 bridgehead atoms. The maximum absolute atomic E-state index is 11.5. The lowest BCUT2D eigenvalue weighted by atomic mass is 10.1. The Balaban J connectivity index is 1.77. The van der Waals surface area contributed by atoms with Crippen LogP contribution in [0.5, 0.6) is 5.75 Å². The summed E-state index contributed by atoms with van der Waals surface area (Å²) in [6, 6.07) is 7.71. The highest BCUT2D eigenvalue weighted by Gasteiger charge is 2.17. The summed E-state index contributed by atoms with van der Waals surface area (Å²) < 4.78 is 7.22. The molecule has 0 fully saturated rings. The summed E-state index contributed by atoms with van der Waals surface area (Å²) in [5.74, 6) is 0.523. The lowest BCUT2D eigenvalue weighted by Crippen LogP contribution is -2.25. The standard InChI is InChI=1S/C17H14N4O2S2/c1-18-17-21(19-7-11-4-5-24-9-11)14(10-25-17)12-2-3-15-13(6-12)20-16(22)8-23-15/h2-7,9-10H,8H2,1H3,(H,20,22). The number of nitrogens with zero attached hydrogens (tertiary/aromatic N) is 3. The highest BCUT2D eigenvalue weighted by molar-refractivity contribution is 7.08. The summed E-state index contributed by atoms with van der Waals surface area (Å²) in [6.45, 7) is 0.0502. The Kier molecular flexibility index (Phi) is 4.21. The van der Waals surface area contributed by atoms with Crippen molar-refractivity contribution in [1.82, 2.24) is 4.68 Å². The van der Waals surface area contributed by atoms with Crippen LogP contribution in [0.1, 0.15) is 5.56 Å². The number of anilines is 1. The molecule has 3 heterocycles. The van der Waals surface area contributed by atoms with Gasteiger partial charge in [-0.25, -0.2) is 4.68 Å². The van der Waals surface area contributed by atoms with E-state index < -0.39 is 0 Å². The predicted octanol–water partition coefficient (Wildman–Crippen LogP) is 3.02. The molecule has 6 nitrogen and oxygen atoms in total. The van der Waals surface area contributed by atoms with Crippen molar-refractivity contribution in [3.63, 3.8) is 0 Å². The van der Waals surface area contributed by atoms with E-state index in [1.807, 2.05) is 46.6 Å². The van der Waals surface area contributed by atoms with Gasteiger partial charge in [0.25, 0.3) is 5.91 Å². The Hall–Kier alpha value is -2.71. The Bertz CT molecular complexity index is 1020. The van der Waals surface area contributed by atoms with E-state index >= 15 is 0 Å². The normalized spacial score (nSPS) is 14.4. The maximum Gasteiger partial charge on any atom is 0.262 e. The van der Waals surface area contributed by atoms with E-state index in [9.17, 15) is 4.79 Å². The fraction of sp³-hybridized carbons (Fsp3) is 0.118. The zero-order chi connectivity index (χ0) is 17.2. The van der Waals surface area contributed by atoms with Gasteiger partial charge in [-0.2, -0.15) is 16.4 Å². The Morgan fingerprint density at radius 3 is 3.04 bits per heavy atom. The van der Waals surface area contributed by atoms with Crippen molar-refractivity contribution < 1.29 is 9.53 Å². The Morgan fingerprint density at radius 1 is 1.32 bits per heavy atom. The zero-order valence-corrected chi connectivity index (χ0v) is 14.9. The van der Waals surface area contributed by atoms with E-state index in [4.69, 9.17) is 4.74 Å². The number of hydrogen-bond donors (Lipinski definition) is 1. The SMILES string of the molecule is CN=c1scc(-c2ccc3c(c2)NC(=O)CO3)n1N=Cc1ccsc1. The topological polar surface area (TPSA) is 68.0 Å². The Labute approximate surface area is 151 Å². The van der Waals surface area contributed by atoms with Gasteiger partial charge in [0.05, 0.1) is 17.6 Å². The average molecular weight is 370 g/mol. The number of rotatable bonds is 3. The van der Waals surface area contributed by atoms with E-state index in [1.54, 1.807) is 23.1 Å². The van der Waals surface area contributed by atoms with Gasteiger partial charge in [-0.3, -0.25) is 9.79 Å². The minimum atomic E-state index is -0.150. The summed E-state index contributed by atoms with van der Waals surface area (Å²) in [7, 11) is 1.74. The van der Waals surface area contributed by atoms with Crippen molar-refractivity contribution in [2.24, 2.45) is 10.1 Å². The zero-order valence-electron chi connectivity index (χ0n) is 13.3. The van der Waals surface area contributed by atoms with Gasteiger partial charge in [0.1, 0.15) is 5.75 Å². The van der Waals surface area contributed by atoms with Crippen molar-refractivity contribution in [1.29, 1.82) is 0 Å². The first-order valence-electron chi connectivity index (χ1n) is 7.51. The predicted molar refractivity (Wildman–Crippen MR) is 101 cm³/mol. The quantitative estimate of drug-likeness (QED) is 0.720. The number of carbonyl (C=O) groups is 1.